The fourth-order valence-electron chi connectivity index (χ4n) is 1.97. The van der Waals surface area contributed by atoms with Crippen molar-refractivity contribution in [2.45, 2.75) is 31.7 Å². The summed E-state index contributed by atoms with van der Waals surface area (Å²) in [6, 6.07) is -0.551. The minimum absolute atomic E-state index is 0.0139. The Morgan fingerprint density at radius 1 is 1.32 bits per heavy atom. The topological polar surface area (TPSA) is 107 Å². The Labute approximate surface area is 124 Å². The number of likely N-dealkylation sites (tertiary alicyclic amines) is 1. The first-order chi connectivity index (χ1) is 9.91. The highest BCUT2D eigenvalue weighted by Gasteiger charge is 2.41. The number of likely N-dealkylation sites (N-methyl/N-ethyl adjacent to an activating group) is 1. The van der Waals surface area contributed by atoms with Crippen LogP contribution in [0.15, 0.2) is 12.7 Å². The lowest BCUT2D eigenvalue weighted by Crippen LogP contribution is -2.48. The molecule has 1 rings (SSSR count). The molecule has 3 N–H and O–H groups in total. The number of hydrogen-bond donors (Lipinski definition) is 3. The van der Waals surface area contributed by atoms with Gasteiger partial charge in [-0.25, -0.2) is 4.79 Å². The van der Waals surface area contributed by atoms with Gasteiger partial charge in [-0.3, -0.25) is 14.5 Å². The molecule has 0 aromatic heterocycles. The van der Waals surface area contributed by atoms with Gasteiger partial charge in [0.2, 0.25) is 5.91 Å². The third kappa shape index (κ3) is 5.72. The van der Waals surface area contributed by atoms with Crippen molar-refractivity contribution in [2.75, 3.05) is 7.05 Å². The molecule has 1 heterocycles. The summed E-state index contributed by atoms with van der Waals surface area (Å²) in [5, 5.41) is 18.8. The smallest absolute Gasteiger partial charge is 0.480 e. The van der Waals surface area contributed by atoms with Gasteiger partial charge in [0, 0.05) is 12.8 Å². The van der Waals surface area contributed by atoms with Crippen molar-refractivity contribution < 1.29 is 37.8 Å². The third-order valence-electron chi connectivity index (χ3n) is 3.01. The summed E-state index contributed by atoms with van der Waals surface area (Å²) in [6.07, 6.45) is -3.17. The average Bonchev–Trinajstić information content (AvgIpc) is 2.66. The largest absolute Gasteiger partial charge is 0.490 e. The Morgan fingerprint density at radius 3 is 2.05 bits per heavy atom. The molecule has 0 bridgehead atoms. The highest BCUT2D eigenvalue weighted by atomic mass is 19.4. The van der Waals surface area contributed by atoms with E-state index >= 15 is 0 Å². The average molecular weight is 326 g/mol. The number of carboxylic acids is 2. The molecule has 0 spiro atoms. The van der Waals surface area contributed by atoms with Gasteiger partial charge in [-0.05, 0) is 13.5 Å². The second kappa shape index (κ2) is 7.78. The number of hydrogen-bond acceptors (Lipinski definition) is 4. The van der Waals surface area contributed by atoms with Crippen molar-refractivity contribution in [1.29, 1.82) is 0 Å². The van der Waals surface area contributed by atoms with Crippen LogP contribution in [0.3, 0.4) is 0 Å². The highest BCUT2D eigenvalue weighted by molar-refractivity contribution is 5.75. The Balaban J connectivity index is 0.000000534. The zero-order valence-corrected chi connectivity index (χ0v) is 11.9. The van der Waals surface area contributed by atoms with Crippen LogP contribution in [0.4, 0.5) is 13.2 Å². The SMILES string of the molecule is C=C[C@@H]1C[C@H](C(=O)O)N(C)[C@H]1NC(C)=O.O=C(O)C(F)(F)F. The molecule has 126 valence electrons. The summed E-state index contributed by atoms with van der Waals surface area (Å²) >= 11 is 0. The number of carboxylic acid groups (broad SMARTS) is 2. The number of nitrogens with zero attached hydrogens (tertiary/aromatic N) is 1. The van der Waals surface area contributed by atoms with Crippen LogP contribution >= 0.6 is 0 Å². The molecule has 1 fully saturated rings. The Hall–Kier alpha value is -2.10. The van der Waals surface area contributed by atoms with Crippen molar-refractivity contribution in [1.82, 2.24) is 10.2 Å². The van der Waals surface area contributed by atoms with Crippen molar-refractivity contribution in [3.05, 3.63) is 12.7 Å². The van der Waals surface area contributed by atoms with Crippen LogP contribution in [0.5, 0.6) is 0 Å². The molecule has 1 amide bonds. The van der Waals surface area contributed by atoms with E-state index in [1.165, 1.54) is 6.92 Å². The lowest BCUT2D eigenvalue weighted by molar-refractivity contribution is -0.192. The molecule has 0 aromatic carbocycles. The van der Waals surface area contributed by atoms with E-state index in [1.54, 1.807) is 18.0 Å². The number of rotatable bonds is 3. The molecule has 0 aromatic rings. The number of carbonyl (C=O) groups excluding carboxylic acids is 1. The summed E-state index contributed by atoms with van der Waals surface area (Å²) < 4.78 is 31.7. The maximum absolute atomic E-state index is 11.0. The molecule has 10 heteroatoms. The maximum atomic E-state index is 11.0. The Kier molecular flexibility index (Phi) is 7.04. The Morgan fingerprint density at radius 2 is 1.77 bits per heavy atom. The molecular formula is C12H17F3N2O5. The van der Waals surface area contributed by atoms with E-state index < -0.39 is 24.2 Å². The molecule has 1 aliphatic rings. The molecule has 0 unspecified atom stereocenters. The van der Waals surface area contributed by atoms with E-state index in [2.05, 4.69) is 11.9 Å². The third-order valence-corrected chi connectivity index (χ3v) is 3.01. The molecule has 3 atom stereocenters. The second-order valence-electron chi connectivity index (χ2n) is 4.60. The van der Waals surface area contributed by atoms with Crippen molar-refractivity contribution in [3.63, 3.8) is 0 Å². The van der Waals surface area contributed by atoms with Gasteiger partial charge in [-0.1, -0.05) is 6.08 Å². The van der Waals surface area contributed by atoms with E-state index in [-0.39, 0.29) is 18.0 Å². The van der Waals surface area contributed by atoms with Crippen LogP contribution in [0.1, 0.15) is 13.3 Å². The van der Waals surface area contributed by atoms with E-state index in [9.17, 15) is 22.8 Å². The van der Waals surface area contributed by atoms with E-state index in [4.69, 9.17) is 15.0 Å². The van der Waals surface area contributed by atoms with E-state index in [0.717, 1.165) is 0 Å². The number of carbonyl (C=O) groups is 3. The van der Waals surface area contributed by atoms with Crippen LogP contribution in [0.25, 0.3) is 0 Å². The number of amides is 1. The fourth-order valence-corrected chi connectivity index (χ4v) is 1.97. The van der Waals surface area contributed by atoms with Crippen molar-refractivity contribution in [3.8, 4) is 0 Å². The summed E-state index contributed by atoms with van der Waals surface area (Å²) in [4.78, 5) is 32.4. The van der Waals surface area contributed by atoms with Gasteiger partial charge in [-0.15, -0.1) is 6.58 Å². The van der Waals surface area contributed by atoms with E-state index in [0.29, 0.717) is 6.42 Å². The molecule has 1 aliphatic heterocycles. The van der Waals surface area contributed by atoms with Crippen molar-refractivity contribution in [2.24, 2.45) is 5.92 Å². The number of nitrogens with one attached hydrogen (secondary N) is 1. The monoisotopic (exact) mass is 326 g/mol. The highest BCUT2D eigenvalue weighted by Crippen LogP contribution is 2.27. The zero-order valence-electron chi connectivity index (χ0n) is 11.9. The van der Waals surface area contributed by atoms with Crippen LogP contribution in [-0.2, 0) is 14.4 Å². The minimum atomic E-state index is -5.08. The molecular weight excluding hydrogens is 309 g/mol. The van der Waals surface area contributed by atoms with E-state index in [1.807, 2.05) is 0 Å². The van der Waals surface area contributed by atoms with Gasteiger partial charge in [0.15, 0.2) is 0 Å². The maximum Gasteiger partial charge on any atom is 0.490 e. The molecule has 22 heavy (non-hydrogen) atoms. The number of aliphatic carboxylic acids is 2. The first-order valence-corrected chi connectivity index (χ1v) is 6.06. The zero-order chi connectivity index (χ0) is 17.7. The van der Waals surface area contributed by atoms with Gasteiger partial charge in [-0.2, -0.15) is 13.2 Å². The summed E-state index contributed by atoms with van der Waals surface area (Å²) in [7, 11) is 1.70. The van der Waals surface area contributed by atoms with Crippen LogP contribution in [0.2, 0.25) is 0 Å². The lowest BCUT2D eigenvalue weighted by Gasteiger charge is -2.25. The molecule has 7 nitrogen and oxygen atoms in total. The molecule has 0 aliphatic carbocycles. The fraction of sp³-hybridized carbons (Fsp3) is 0.583. The lowest BCUT2D eigenvalue weighted by atomic mass is 10.0. The van der Waals surface area contributed by atoms with Gasteiger partial charge in [0.05, 0.1) is 6.17 Å². The second-order valence-corrected chi connectivity index (χ2v) is 4.60. The van der Waals surface area contributed by atoms with Crippen LogP contribution < -0.4 is 5.32 Å². The first-order valence-electron chi connectivity index (χ1n) is 6.06. The predicted octanol–water partition coefficient (Wildman–Crippen LogP) is 0.673. The van der Waals surface area contributed by atoms with Crippen LogP contribution in [-0.4, -0.2) is 58.4 Å². The first kappa shape index (κ1) is 19.9. The number of halogens is 3. The quantitative estimate of drug-likeness (QED) is 0.658. The summed E-state index contributed by atoms with van der Waals surface area (Å²) in [6.45, 7) is 5.08. The van der Waals surface area contributed by atoms with Gasteiger partial charge >= 0.3 is 18.1 Å². The van der Waals surface area contributed by atoms with Gasteiger partial charge in [0.1, 0.15) is 6.04 Å². The normalized spacial score (nSPS) is 24.9. The van der Waals surface area contributed by atoms with Gasteiger partial charge < -0.3 is 15.5 Å². The van der Waals surface area contributed by atoms with Gasteiger partial charge in [0.25, 0.3) is 0 Å². The van der Waals surface area contributed by atoms with Crippen molar-refractivity contribution >= 4 is 17.8 Å². The molecule has 0 saturated carbocycles. The minimum Gasteiger partial charge on any atom is -0.480 e. The molecule has 1 saturated heterocycles. The number of alkyl halides is 3. The van der Waals surface area contributed by atoms with Crippen LogP contribution in [0, 0.1) is 5.92 Å². The predicted molar refractivity (Wildman–Crippen MR) is 68.8 cm³/mol. The molecule has 0 radical (unpaired) electrons. The summed E-state index contributed by atoms with van der Waals surface area (Å²) in [5.74, 6) is -3.80. The standard InChI is InChI=1S/C10H16N2O3.C2HF3O2/c1-4-7-5-8(10(14)15)12(3)9(7)11-6(2)13;3-2(4,5)1(6)7/h4,7-9H,1,5H2,2-3H3,(H,11,13)(H,14,15);(H,6,7)/t7-,8-,9-;/m1./s1. The Bertz CT molecular complexity index is 453. The summed E-state index contributed by atoms with van der Waals surface area (Å²) in [5.41, 5.74) is 0.